The summed E-state index contributed by atoms with van der Waals surface area (Å²) in [5, 5.41) is 20.2. The quantitative estimate of drug-likeness (QED) is 0.649. The lowest BCUT2D eigenvalue weighted by Gasteiger charge is -2.15. The standard InChI is InChI=1S/C19H12N2O5/c1-10-14(17(22)21-18(23)15(10)9-20)8-13-5-6-16(26-13)11-3-2-4-12(7-11)19(24)25/h2-8H,1H3,(H,24,25)(H,21,22,23)/b14-8-. The first-order valence-electron chi connectivity index (χ1n) is 7.53. The third-order valence-corrected chi connectivity index (χ3v) is 3.90. The highest BCUT2D eigenvalue weighted by Gasteiger charge is 2.27. The van der Waals surface area contributed by atoms with Gasteiger partial charge in [0, 0.05) is 11.1 Å². The Hall–Kier alpha value is -3.92. The van der Waals surface area contributed by atoms with Crippen molar-refractivity contribution in [1.82, 2.24) is 5.32 Å². The molecular weight excluding hydrogens is 336 g/mol. The number of aromatic carboxylic acids is 1. The molecule has 0 saturated carbocycles. The fourth-order valence-corrected chi connectivity index (χ4v) is 2.55. The first kappa shape index (κ1) is 16.9. The van der Waals surface area contributed by atoms with Crippen molar-refractivity contribution in [1.29, 1.82) is 5.26 Å². The summed E-state index contributed by atoms with van der Waals surface area (Å²) in [6.45, 7) is 1.52. The minimum absolute atomic E-state index is 0.126. The first-order chi connectivity index (χ1) is 12.4. The number of carboxylic acids is 1. The third-order valence-electron chi connectivity index (χ3n) is 3.90. The topological polar surface area (TPSA) is 120 Å². The second-order valence-electron chi connectivity index (χ2n) is 5.54. The maximum atomic E-state index is 12.0. The molecule has 0 radical (unpaired) electrons. The van der Waals surface area contributed by atoms with Gasteiger partial charge in [-0.1, -0.05) is 12.1 Å². The second kappa shape index (κ2) is 6.53. The minimum atomic E-state index is -1.05. The Bertz CT molecular complexity index is 1050. The number of nitrogens with one attached hydrogen (secondary N) is 1. The summed E-state index contributed by atoms with van der Waals surface area (Å²) >= 11 is 0. The Balaban J connectivity index is 1.99. The van der Waals surface area contributed by atoms with Crippen LogP contribution < -0.4 is 5.32 Å². The SMILES string of the molecule is CC1=C(C#N)C(=O)NC(=O)/C1=C\c1ccc(-c2cccc(C(=O)O)c2)o1. The zero-order valence-corrected chi connectivity index (χ0v) is 13.6. The molecule has 2 heterocycles. The number of rotatable bonds is 3. The number of benzene rings is 1. The monoisotopic (exact) mass is 348 g/mol. The maximum absolute atomic E-state index is 12.0. The van der Waals surface area contributed by atoms with E-state index in [2.05, 4.69) is 5.32 Å². The summed E-state index contributed by atoms with van der Waals surface area (Å²) in [5.41, 5.74) is 0.995. The van der Waals surface area contributed by atoms with Gasteiger partial charge in [0.25, 0.3) is 11.8 Å². The highest BCUT2D eigenvalue weighted by Crippen LogP contribution is 2.27. The lowest BCUT2D eigenvalue weighted by Crippen LogP contribution is -2.37. The van der Waals surface area contributed by atoms with Crippen LogP contribution in [0.15, 0.2) is 57.5 Å². The van der Waals surface area contributed by atoms with E-state index in [1.165, 1.54) is 25.1 Å². The number of carbonyl (C=O) groups excluding carboxylic acids is 2. The van der Waals surface area contributed by atoms with Crippen molar-refractivity contribution in [2.45, 2.75) is 6.92 Å². The van der Waals surface area contributed by atoms with Gasteiger partial charge in [0.2, 0.25) is 0 Å². The van der Waals surface area contributed by atoms with E-state index in [0.29, 0.717) is 17.1 Å². The molecule has 26 heavy (non-hydrogen) atoms. The van der Waals surface area contributed by atoms with Crippen LogP contribution >= 0.6 is 0 Å². The van der Waals surface area contributed by atoms with E-state index in [1.54, 1.807) is 30.3 Å². The van der Waals surface area contributed by atoms with Gasteiger partial charge in [0.05, 0.1) is 5.56 Å². The highest BCUT2D eigenvalue weighted by molar-refractivity contribution is 6.19. The molecule has 0 unspecified atom stereocenters. The van der Waals surface area contributed by atoms with Crippen LogP contribution in [0.3, 0.4) is 0 Å². The number of amides is 2. The van der Waals surface area contributed by atoms with Crippen LogP contribution in [0, 0.1) is 11.3 Å². The first-order valence-corrected chi connectivity index (χ1v) is 7.53. The maximum Gasteiger partial charge on any atom is 0.335 e. The van der Waals surface area contributed by atoms with E-state index in [0.717, 1.165) is 0 Å². The van der Waals surface area contributed by atoms with Crippen molar-refractivity contribution in [3.63, 3.8) is 0 Å². The molecule has 0 spiro atoms. The van der Waals surface area contributed by atoms with Gasteiger partial charge < -0.3 is 9.52 Å². The number of hydrogen-bond acceptors (Lipinski definition) is 5. The van der Waals surface area contributed by atoms with Crippen LogP contribution in [0.2, 0.25) is 0 Å². The number of carbonyl (C=O) groups is 3. The van der Waals surface area contributed by atoms with Crippen LogP contribution in [0.25, 0.3) is 17.4 Å². The summed E-state index contributed by atoms with van der Waals surface area (Å²) in [6, 6.07) is 11.3. The predicted octanol–water partition coefficient (Wildman–Crippen LogP) is 2.52. The fraction of sp³-hybridized carbons (Fsp3) is 0.0526. The Morgan fingerprint density at radius 2 is 2.00 bits per heavy atom. The van der Waals surface area contributed by atoms with Crippen LogP contribution in [-0.2, 0) is 9.59 Å². The van der Waals surface area contributed by atoms with Gasteiger partial charge in [-0.25, -0.2) is 4.79 Å². The van der Waals surface area contributed by atoms with E-state index < -0.39 is 17.8 Å². The Labute approximate surface area is 147 Å². The average Bonchev–Trinajstić information content (AvgIpc) is 3.07. The molecule has 1 aliphatic rings. The average molecular weight is 348 g/mol. The molecule has 0 atom stereocenters. The Kier molecular flexibility index (Phi) is 4.25. The Morgan fingerprint density at radius 1 is 1.23 bits per heavy atom. The molecule has 1 aliphatic heterocycles. The Morgan fingerprint density at radius 3 is 2.69 bits per heavy atom. The van der Waals surface area contributed by atoms with Gasteiger partial charge in [0.15, 0.2) is 0 Å². The van der Waals surface area contributed by atoms with E-state index in [-0.39, 0.29) is 22.3 Å². The number of nitrogens with zero attached hydrogens (tertiary/aromatic N) is 1. The van der Waals surface area contributed by atoms with E-state index in [9.17, 15) is 14.4 Å². The van der Waals surface area contributed by atoms with Gasteiger partial charge in [-0.3, -0.25) is 14.9 Å². The zero-order chi connectivity index (χ0) is 18.8. The summed E-state index contributed by atoms with van der Waals surface area (Å²) < 4.78 is 5.66. The van der Waals surface area contributed by atoms with Crippen molar-refractivity contribution in [3.05, 3.63) is 64.4 Å². The molecule has 2 N–H and O–H groups in total. The summed E-state index contributed by atoms with van der Waals surface area (Å²) in [6.07, 6.45) is 1.43. The van der Waals surface area contributed by atoms with Crippen LogP contribution in [-0.4, -0.2) is 22.9 Å². The number of carboxylic acid groups (broad SMARTS) is 1. The van der Waals surface area contributed by atoms with Crippen molar-refractivity contribution in [3.8, 4) is 17.4 Å². The van der Waals surface area contributed by atoms with Crippen molar-refractivity contribution >= 4 is 23.9 Å². The van der Waals surface area contributed by atoms with Crippen molar-refractivity contribution in [2.75, 3.05) is 0 Å². The molecule has 7 nitrogen and oxygen atoms in total. The molecule has 3 rings (SSSR count). The molecule has 0 saturated heterocycles. The van der Waals surface area contributed by atoms with Gasteiger partial charge in [0.1, 0.15) is 23.2 Å². The van der Waals surface area contributed by atoms with Crippen molar-refractivity contribution in [2.24, 2.45) is 0 Å². The number of furan rings is 1. The summed E-state index contributed by atoms with van der Waals surface area (Å²) in [4.78, 5) is 34.7. The van der Waals surface area contributed by atoms with E-state index in [4.69, 9.17) is 14.8 Å². The molecule has 7 heteroatoms. The molecule has 2 amide bonds. The van der Waals surface area contributed by atoms with Gasteiger partial charge in [-0.15, -0.1) is 0 Å². The number of nitriles is 1. The molecule has 1 aromatic heterocycles. The molecule has 128 valence electrons. The van der Waals surface area contributed by atoms with Crippen molar-refractivity contribution < 1.29 is 23.9 Å². The van der Waals surface area contributed by atoms with Crippen LogP contribution in [0.1, 0.15) is 23.0 Å². The molecule has 0 bridgehead atoms. The number of hydrogen-bond donors (Lipinski definition) is 2. The number of imide groups is 1. The largest absolute Gasteiger partial charge is 0.478 e. The minimum Gasteiger partial charge on any atom is -0.478 e. The van der Waals surface area contributed by atoms with E-state index >= 15 is 0 Å². The van der Waals surface area contributed by atoms with Gasteiger partial charge >= 0.3 is 5.97 Å². The van der Waals surface area contributed by atoms with E-state index in [1.807, 2.05) is 0 Å². The molecule has 0 aliphatic carbocycles. The second-order valence-corrected chi connectivity index (χ2v) is 5.54. The molecular formula is C19H12N2O5. The van der Waals surface area contributed by atoms with Crippen LogP contribution in [0.5, 0.6) is 0 Å². The summed E-state index contributed by atoms with van der Waals surface area (Å²) in [5.74, 6) is -1.63. The third kappa shape index (κ3) is 3.03. The molecule has 0 fully saturated rings. The molecule has 1 aromatic carbocycles. The lowest BCUT2D eigenvalue weighted by molar-refractivity contribution is -0.126. The smallest absolute Gasteiger partial charge is 0.335 e. The molecule has 2 aromatic rings. The predicted molar refractivity (Wildman–Crippen MR) is 90.5 cm³/mol. The normalized spacial score (nSPS) is 15.8. The lowest BCUT2D eigenvalue weighted by atomic mass is 9.96. The van der Waals surface area contributed by atoms with Gasteiger partial charge in [-0.2, -0.15) is 5.26 Å². The van der Waals surface area contributed by atoms with Crippen LogP contribution in [0.4, 0.5) is 0 Å². The van der Waals surface area contributed by atoms with Gasteiger partial charge in [-0.05, 0) is 42.8 Å². The highest BCUT2D eigenvalue weighted by atomic mass is 16.4. The fourth-order valence-electron chi connectivity index (χ4n) is 2.55. The summed E-state index contributed by atoms with van der Waals surface area (Å²) in [7, 11) is 0. The zero-order valence-electron chi connectivity index (χ0n) is 13.6.